The molecule has 0 aliphatic heterocycles. The number of benzene rings is 3. The number of ether oxygens (including phenoxy) is 1. The Labute approximate surface area is 295 Å². The second kappa shape index (κ2) is 14.1. The van der Waals surface area contributed by atoms with Crippen LogP contribution in [0.2, 0.25) is 5.02 Å². The van der Waals surface area contributed by atoms with Gasteiger partial charge in [-0.05, 0) is 70.2 Å². The van der Waals surface area contributed by atoms with E-state index in [1.165, 1.54) is 22.3 Å². The lowest BCUT2D eigenvalue weighted by Crippen LogP contribution is -2.46. The number of nitro groups is 1. The molecule has 0 saturated heterocycles. The zero-order valence-corrected chi connectivity index (χ0v) is 29.4. The van der Waals surface area contributed by atoms with E-state index >= 15 is 0 Å². The van der Waals surface area contributed by atoms with E-state index in [2.05, 4.69) is 10.3 Å². The summed E-state index contributed by atoms with van der Waals surface area (Å²) in [6.07, 6.45) is 5.49. The van der Waals surface area contributed by atoms with Gasteiger partial charge >= 0.3 is 6.09 Å². The third kappa shape index (κ3) is 7.58. The quantitative estimate of drug-likeness (QED) is 0.118. The van der Waals surface area contributed by atoms with E-state index in [0.29, 0.717) is 34.5 Å². The maximum atomic E-state index is 13.7. The smallest absolute Gasteiger partial charge is 0.410 e. The zero-order chi connectivity index (χ0) is 35.6. The summed E-state index contributed by atoms with van der Waals surface area (Å²) in [4.78, 5) is 35.3. The van der Waals surface area contributed by atoms with Gasteiger partial charge in [-0.15, -0.1) is 0 Å². The first kappa shape index (κ1) is 34.8. The number of hydrogen-bond donors (Lipinski definition) is 1. The van der Waals surface area contributed by atoms with Crippen molar-refractivity contribution in [2.75, 3.05) is 5.32 Å². The fourth-order valence-electron chi connectivity index (χ4n) is 6.21. The number of nitro benzene ring substituents is 1. The molecule has 3 aromatic carbocycles. The highest BCUT2D eigenvalue weighted by molar-refractivity contribution is 7.90. The van der Waals surface area contributed by atoms with Gasteiger partial charge in [-0.3, -0.25) is 10.1 Å². The number of amides is 1. The van der Waals surface area contributed by atoms with Gasteiger partial charge in [0.15, 0.2) is 0 Å². The predicted octanol–water partition coefficient (Wildman–Crippen LogP) is 8.06. The Balaban J connectivity index is 1.27. The fourth-order valence-corrected chi connectivity index (χ4v) is 7.80. The number of rotatable bonds is 9. The molecule has 1 saturated carbocycles. The third-order valence-electron chi connectivity index (χ3n) is 8.53. The average molecular weight is 717 g/mol. The molecule has 50 heavy (non-hydrogen) atoms. The minimum absolute atomic E-state index is 0.0239. The Morgan fingerprint density at radius 1 is 1.06 bits per heavy atom. The third-order valence-corrected chi connectivity index (χ3v) is 10.5. The van der Waals surface area contributed by atoms with E-state index in [9.17, 15) is 23.3 Å². The van der Waals surface area contributed by atoms with Crippen LogP contribution >= 0.6 is 11.6 Å². The topological polar surface area (TPSA) is 150 Å². The molecule has 0 radical (unpaired) electrons. The van der Waals surface area contributed by atoms with Gasteiger partial charge in [0.1, 0.15) is 5.60 Å². The molecular formula is C36H37ClN6O6S. The molecule has 260 valence electrons. The second-order valence-electron chi connectivity index (χ2n) is 13.3. The van der Waals surface area contributed by atoms with Crippen LogP contribution in [0.25, 0.3) is 22.2 Å². The van der Waals surface area contributed by atoms with Crippen LogP contribution in [-0.2, 0) is 21.3 Å². The van der Waals surface area contributed by atoms with Crippen molar-refractivity contribution >= 4 is 50.3 Å². The summed E-state index contributed by atoms with van der Waals surface area (Å²) in [7, 11) is -3.92. The largest absolute Gasteiger partial charge is 0.444 e. The van der Waals surface area contributed by atoms with Gasteiger partial charge in [-0.1, -0.05) is 60.1 Å². The number of anilines is 1. The molecule has 1 N–H and O–H groups in total. The van der Waals surface area contributed by atoms with Crippen molar-refractivity contribution in [2.45, 2.75) is 75.6 Å². The van der Waals surface area contributed by atoms with E-state index in [4.69, 9.17) is 21.3 Å². The Morgan fingerprint density at radius 3 is 2.46 bits per heavy atom. The summed E-state index contributed by atoms with van der Waals surface area (Å²) in [5, 5.41) is 15.5. The van der Waals surface area contributed by atoms with Crippen molar-refractivity contribution in [1.82, 2.24) is 18.8 Å². The van der Waals surface area contributed by atoms with Crippen molar-refractivity contribution in [3.63, 3.8) is 0 Å². The number of para-hydroxylation sites is 1. The van der Waals surface area contributed by atoms with Crippen molar-refractivity contribution in [3.05, 3.63) is 112 Å². The number of nitrogens with zero attached hydrogens (tertiary/aromatic N) is 5. The van der Waals surface area contributed by atoms with E-state index in [1.807, 2.05) is 32.9 Å². The molecule has 0 unspecified atom stereocenters. The predicted molar refractivity (Wildman–Crippen MR) is 192 cm³/mol. The summed E-state index contributed by atoms with van der Waals surface area (Å²) >= 11 is 6.66. The molecule has 2 atom stereocenters. The lowest BCUT2D eigenvalue weighted by Gasteiger charge is -2.38. The van der Waals surface area contributed by atoms with Crippen LogP contribution in [0.5, 0.6) is 0 Å². The van der Waals surface area contributed by atoms with E-state index in [-0.39, 0.29) is 34.2 Å². The van der Waals surface area contributed by atoms with Gasteiger partial charge in [-0.25, -0.2) is 27.2 Å². The highest BCUT2D eigenvalue weighted by atomic mass is 35.5. The normalized spacial score (nSPS) is 16.6. The molecular weight excluding hydrogens is 680 g/mol. The molecule has 0 bridgehead atoms. The first-order valence-corrected chi connectivity index (χ1v) is 18.0. The molecule has 14 heteroatoms. The number of nitrogens with one attached hydrogen (secondary N) is 1. The number of hydrogen-bond acceptors (Lipinski definition) is 9. The fraction of sp³-hybridized carbons (Fsp3) is 0.306. The molecule has 1 amide bonds. The minimum Gasteiger partial charge on any atom is -0.444 e. The maximum absolute atomic E-state index is 13.7. The summed E-state index contributed by atoms with van der Waals surface area (Å²) in [5.41, 5.74) is 1.41. The van der Waals surface area contributed by atoms with Crippen molar-refractivity contribution in [2.24, 2.45) is 0 Å². The van der Waals surface area contributed by atoms with E-state index in [1.54, 1.807) is 65.7 Å². The molecule has 5 aromatic rings. The molecule has 2 aromatic heterocycles. The van der Waals surface area contributed by atoms with E-state index < -0.39 is 26.6 Å². The number of carbonyl (C=O) groups excluding carboxylic acids is 1. The van der Waals surface area contributed by atoms with E-state index in [0.717, 1.165) is 24.8 Å². The number of halogens is 1. The Morgan fingerprint density at radius 2 is 1.76 bits per heavy atom. The van der Waals surface area contributed by atoms with Crippen molar-refractivity contribution in [3.8, 4) is 11.3 Å². The molecule has 2 heterocycles. The molecule has 12 nitrogen and oxygen atoms in total. The summed E-state index contributed by atoms with van der Waals surface area (Å²) in [6, 6.07) is 21.3. The molecule has 1 aliphatic rings. The standard InChI is InChI=1S/C36H37ClN6O6S/c1-36(2,3)49-35(44)41(22-24-16-18-26(19-17-24)43(45)46)27-11-9-10-25(20-27)39-34-38-21-31(37)33(40-34)30-23-42(32-15-8-7-14-29(30)32)50(47,48)28-12-5-4-6-13-28/h4-8,12-19,21,23,25,27H,9-11,20,22H2,1-3H3,(H,38,39,40)/t25-,27+/m1/s1. The molecule has 1 fully saturated rings. The first-order valence-electron chi connectivity index (χ1n) is 16.2. The molecule has 1 aliphatic carbocycles. The van der Waals surface area contributed by atoms with Gasteiger partial charge in [0, 0.05) is 47.9 Å². The summed E-state index contributed by atoms with van der Waals surface area (Å²) in [6.45, 7) is 5.65. The van der Waals surface area contributed by atoms with Crippen LogP contribution in [0.3, 0.4) is 0 Å². The zero-order valence-electron chi connectivity index (χ0n) is 27.8. The SMILES string of the molecule is CC(C)(C)OC(=O)N(Cc1ccc([N+](=O)[O-])cc1)[C@H]1CCC[C@@H](Nc2ncc(Cl)c(-c3cn(S(=O)(=O)c4ccccc4)c4ccccc34)n2)C1. The Hall–Kier alpha value is -5.01. The number of carbonyl (C=O) groups is 1. The van der Waals surface area contributed by atoms with Crippen LogP contribution in [0.15, 0.2) is 96.2 Å². The highest BCUT2D eigenvalue weighted by Gasteiger charge is 2.33. The summed E-state index contributed by atoms with van der Waals surface area (Å²) < 4.78 is 34.4. The number of non-ortho nitro benzene ring substituents is 1. The maximum Gasteiger partial charge on any atom is 0.410 e. The Kier molecular flexibility index (Phi) is 9.81. The van der Waals surface area contributed by atoms with Crippen LogP contribution in [0.4, 0.5) is 16.4 Å². The van der Waals surface area contributed by atoms with Crippen LogP contribution in [-0.4, -0.2) is 56.0 Å². The lowest BCUT2D eigenvalue weighted by molar-refractivity contribution is -0.384. The van der Waals surface area contributed by atoms with Gasteiger partial charge in [0.25, 0.3) is 15.7 Å². The second-order valence-corrected chi connectivity index (χ2v) is 15.5. The monoisotopic (exact) mass is 716 g/mol. The molecule has 6 rings (SSSR count). The average Bonchev–Trinajstić information content (AvgIpc) is 3.48. The first-order chi connectivity index (χ1) is 23.8. The van der Waals surface area contributed by atoms with Gasteiger partial charge in [-0.2, -0.15) is 0 Å². The minimum atomic E-state index is -3.92. The van der Waals surface area contributed by atoms with Gasteiger partial charge in [0.05, 0.1) is 32.2 Å². The number of aromatic nitrogens is 3. The van der Waals surface area contributed by atoms with Crippen LogP contribution < -0.4 is 5.32 Å². The molecule has 0 spiro atoms. The highest BCUT2D eigenvalue weighted by Crippen LogP contribution is 2.36. The Bertz CT molecular complexity index is 2130. The number of fused-ring (bicyclic) bond motifs is 1. The lowest BCUT2D eigenvalue weighted by atomic mass is 9.90. The van der Waals surface area contributed by atoms with Crippen LogP contribution in [0, 0.1) is 10.1 Å². The van der Waals surface area contributed by atoms with Gasteiger partial charge in [0.2, 0.25) is 5.95 Å². The van der Waals surface area contributed by atoms with Crippen molar-refractivity contribution in [1.29, 1.82) is 0 Å². The van der Waals surface area contributed by atoms with Crippen molar-refractivity contribution < 1.29 is 22.9 Å². The summed E-state index contributed by atoms with van der Waals surface area (Å²) in [5.74, 6) is 0.317. The van der Waals surface area contributed by atoms with Gasteiger partial charge < -0.3 is 15.0 Å². The van der Waals surface area contributed by atoms with Crippen LogP contribution in [0.1, 0.15) is 52.0 Å².